The molecule has 3 N–H and O–H groups in total. The highest BCUT2D eigenvalue weighted by molar-refractivity contribution is 9.10. The highest BCUT2D eigenvalue weighted by Crippen LogP contribution is 2.10. The van der Waals surface area contributed by atoms with Crippen LogP contribution in [0.2, 0.25) is 0 Å². The summed E-state index contributed by atoms with van der Waals surface area (Å²) in [6.07, 6.45) is 3.10. The molecule has 0 saturated carbocycles. The third-order valence-corrected chi connectivity index (χ3v) is 2.78. The molecular formula is C13H13BrN4O3. The fourth-order valence-corrected chi connectivity index (χ4v) is 1.53. The number of carboxylic acids is 1. The predicted molar refractivity (Wildman–Crippen MR) is 79.1 cm³/mol. The van der Waals surface area contributed by atoms with Crippen molar-refractivity contribution in [2.75, 3.05) is 11.9 Å². The van der Waals surface area contributed by atoms with Gasteiger partial charge < -0.3 is 15.7 Å². The first-order chi connectivity index (χ1) is 10.0. The first kappa shape index (κ1) is 16.7. The molecule has 0 aromatic carbocycles. The number of amides is 1. The van der Waals surface area contributed by atoms with Crippen molar-refractivity contribution in [3.05, 3.63) is 34.6 Å². The Morgan fingerprint density at radius 2 is 2.24 bits per heavy atom. The summed E-state index contributed by atoms with van der Waals surface area (Å²) in [7, 11) is 0. The molecule has 0 atom stereocenters. The van der Waals surface area contributed by atoms with Gasteiger partial charge in [-0.05, 0) is 34.5 Å². The minimum Gasteiger partial charge on any atom is -0.481 e. The van der Waals surface area contributed by atoms with Crippen LogP contribution in [0, 0.1) is 11.3 Å². The van der Waals surface area contributed by atoms with Gasteiger partial charge in [0.15, 0.2) is 0 Å². The van der Waals surface area contributed by atoms with E-state index in [1.807, 2.05) is 0 Å². The fourth-order valence-electron chi connectivity index (χ4n) is 1.29. The van der Waals surface area contributed by atoms with Crippen LogP contribution in [0.5, 0.6) is 0 Å². The summed E-state index contributed by atoms with van der Waals surface area (Å²) in [5.41, 5.74) is -0.116. The summed E-state index contributed by atoms with van der Waals surface area (Å²) >= 11 is 3.24. The molecule has 0 radical (unpaired) electrons. The van der Waals surface area contributed by atoms with Crippen LogP contribution in [0.3, 0.4) is 0 Å². The molecule has 0 saturated heterocycles. The Morgan fingerprint density at radius 1 is 1.48 bits per heavy atom. The minimum atomic E-state index is -0.928. The normalized spacial score (nSPS) is 10.6. The molecule has 0 spiro atoms. The number of hydrogen-bond donors (Lipinski definition) is 3. The van der Waals surface area contributed by atoms with Crippen LogP contribution in [0.25, 0.3) is 0 Å². The standard InChI is InChI=1S/C13H13BrN4O3/c14-10-3-4-11(18-8-10)17-7-9(6-15)13(21)16-5-1-2-12(19)20/h3-4,7-8H,1-2,5H2,(H,16,21)(H,17,18)(H,19,20)/b9-7-. The van der Waals surface area contributed by atoms with Crippen molar-refractivity contribution >= 4 is 33.6 Å². The van der Waals surface area contributed by atoms with E-state index < -0.39 is 11.9 Å². The van der Waals surface area contributed by atoms with Gasteiger partial charge in [-0.2, -0.15) is 5.26 Å². The van der Waals surface area contributed by atoms with E-state index in [0.717, 1.165) is 4.47 Å². The number of rotatable bonds is 7. The Hall–Kier alpha value is -2.40. The van der Waals surface area contributed by atoms with Gasteiger partial charge in [-0.25, -0.2) is 4.98 Å². The average Bonchev–Trinajstić information content (AvgIpc) is 2.46. The number of nitriles is 1. The molecule has 1 aromatic heterocycles. The monoisotopic (exact) mass is 352 g/mol. The maximum atomic E-state index is 11.7. The Kier molecular flexibility index (Phi) is 6.91. The van der Waals surface area contributed by atoms with Gasteiger partial charge in [0.1, 0.15) is 17.5 Å². The van der Waals surface area contributed by atoms with Crippen LogP contribution < -0.4 is 10.6 Å². The molecule has 1 heterocycles. The third kappa shape index (κ3) is 6.54. The number of carbonyl (C=O) groups excluding carboxylic acids is 1. The molecule has 7 nitrogen and oxygen atoms in total. The van der Waals surface area contributed by atoms with Crippen molar-refractivity contribution in [1.29, 1.82) is 5.26 Å². The van der Waals surface area contributed by atoms with E-state index in [4.69, 9.17) is 10.4 Å². The van der Waals surface area contributed by atoms with E-state index in [-0.39, 0.29) is 18.5 Å². The van der Waals surface area contributed by atoms with Gasteiger partial charge in [0, 0.05) is 29.8 Å². The van der Waals surface area contributed by atoms with Crippen molar-refractivity contribution in [2.45, 2.75) is 12.8 Å². The fraction of sp³-hybridized carbons (Fsp3) is 0.231. The molecule has 1 rings (SSSR count). The number of carbonyl (C=O) groups is 2. The van der Waals surface area contributed by atoms with Crippen molar-refractivity contribution in [1.82, 2.24) is 10.3 Å². The Labute approximate surface area is 129 Å². The molecule has 8 heteroatoms. The Morgan fingerprint density at radius 3 is 2.81 bits per heavy atom. The lowest BCUT2D eigenvalue weighted by atomic mass is 10.2. The van der Waals surface area contributed by atoms with Crippen LogP contribution in [-0.4, -0.2) is 28.5 Å². The minimum absolute atomic E-state index is 0.0348. The number of halogens is 1. The number of aliphatic carboxylic acids is 1. The summed E-state index contributed by atoms with van der Waals surface area (Å²) in [6, 6.07) is 5.21. The van der Waals surface area contributed by atoms with Gasteiger partial charge in [-0.3, -0.25) is 9.59 Å². The second kappa shape index (κ2) is 8.71. The Bertz CT molecular complexity index is 578. The van der Waals surface area contributed by atoms with E-state index in [0.29, 0.717) is 12.2 Å². The van der Waals surface area contributed by atoms with Gasteiger partial charge >= 0.3 is 5.97 Å². The number of carboxylic acid groups (broad SMARTS) is 1. The molecule has 21 heavy (non-hydrogen) atoms. The number of nitrogens with one attached hydrogen (secondary N) is 2. The molecule has 0 aliphatic carbocycles. The highest BCUT2D eigenvalue weighted by Gasteiger charge is 2.08. The first-order valence-electron chi connectivity index (χ1n) is 6.01. The second-order valence-electron chi connectivity index (χ2n) is 3.93. The SMILES string of the molecule is N#C/C(=C/Nc1ccc(Br)cn1)C(=O)NCCCC(=O)O. The predicted octanol–water partition coefficient (Wildman–Crippen LogP) is 1.64. The van der Waals surface area contributed by atoms with E-state index in [1.54, 1.807) is 24.4 Å². The van der Waals surface area contributed by atoms with Crippen LogP contribution in [-0.2, 0) is 9.59 Å². The summed E-state index contributed by atoms with van der Waals surface area (Å²) in [5.74, 6) is -1.000. The van der Waals surface area contributed by atoms with Crippen LogP contribution in [0.4, 0.5) is 5.82 Å². The molecule has 0 fully saturated rings. The van der Waals surface area contributed by atoms with Crippen LogP contribution >= 0.6 is 15.9 Å². The van der Waals surface area contributed by atoms with Crippen molar-refractivity contribution in [3.63, 3.8) is 0 Å². The molecule has 1 amide bonds. The molecule has 0 unspecified atom stereocenters. The molecule has 0 aliphatic rings. The lowest BCUT2D eigenvalue weighted by molar-refractivity contribution is -0.137. The smallest absolute Gasteiger partial charge is 0.303 e. The first-order valence-corrected chi connectivity index (χ1v) is 6.80. The molecule has 0 bridgehead atoms. The van der Waals surface area contributed by atoms with Crippen LogP contribution in [0.15, 0.2) is 34.6 Å². The summed E-state index contributed by atoms with van der Waals surface area (Å²) < 4.78 is 0.814. The lowest BCUT2D eigenvalue weighted by Gasteiger charge is -2.04. The zero-order chi connectivity index (χ0) is 15.7. The summed E-state index contributed by atoms with van der Waals surface area (Å²) in [4.78, 5) is 26.0. The topological polar surface area (TPSA) is 115 Å². The number of nitrogens with zero attached hydrogens (tertiary/aromatic N) is 2. The maximum absolute atomic E-state index is 11.7. The van der Waals surface area contributed by atoms with Crippen molar-refractivity contribution in [2.24, 2.45) is 0 Å². The number of hydrogen-bond acceptors (Lipinski definition) is 5. The Balaban J connectivity index is 2.51. The lowest BCUT2D eigenvalue weighted by Crippen LogP contribution is -2.26. The van der Waals surface area contributed by atoms with Crippen molar-refractivity contribution < 1.29 is 14.7 Å². The van der Waals surface area contributed by atoms with Crippen molar-refractivity contribution in [3.8, 4) is 6.07 Å². The summed E-state index contributed by atoms with van der Waals surface area (Å²) in [6.45, 7) is 0.195. The molecule has 1 aromatic rings. The quantitative estimate of drug-likeness (QED) is 0.390. The average molecular weight is 353 g/mol. The van der Waals surface area contributed by atoms with E-state index >= 15 is 0 Å². The van der Waals surface area contributed by atoms with Gasteiger partial charge in [0.25, 0.3) is 5.91 Å². The molecule has 110 valence electrons. The second-order valence-corrected chi connectivity index (χ2v) is 4.84. The van der Waals surface area contributed by atoms with E-state index in [2.05, 4.69) is 31.5 Å². The maximum Gasteiger partial charge on any atom is 0.303 e. The molecular weight excluding hydrogens is 340 g/mol. The summed E-state index contributed by atoms with van der Waals surface area (Å²) in [5, 5.41) is 22.6. The van der Waals surface area contributed by atoms with Gasteiger partial charge in [-0.15, -0.1) is 0 Å². The number of pyridine rings is 1. The zero-order valence-corrected chi connectivity index (χ0v) is 12.6. The van der Waals surface area contributed by atoms with Crippen LogP contribution in [0.1, 0.15) is 12.8 Å². The van der Waals surface area contributed by atoms with E-state index in [9.17, 15) is 9.59 Å². The zero-order valence-electron chi connectivity index (χ0n) is 11.0. The number of anilines is 1. The largest absolute Gasteiger partial charge is 0.481 e. The van der Waals surface area contributed by atoms with E-state index in [1.165, 1.54) is 6.20 Å². The van der Waals surface area contributed by atoms with Gasteiger partial charge in [-0.1, -0.05) is 0 Å². The third-order valence-electron chi connectivity index (χ3n) is 2.31. The van der Waals surface area contributed by atoms with Gasteiger partial charge in [0.05, 0.1) is 0 Å². The molecule has 0 aliphatic heterocycles. The van der Waals surface area contributed by atoms with Gasteiger partial charge in [0.2, 0.25) is 0 Å². The highest BCUT2D eigenvalue weighted by atomic mass is 79.9. The number of aromatic nitrogens is 1.